The average Bonchev–Trinajstić information content (AvgIpc) is 1.82. The summed E-state index contributed by atoms with van der Waals surface area (Å²) in [6.45, 7) is 0. The highest BCUT2D eigenvalue weighted by atomic mass is 16.5. The fourth-order valence-corrected chi connectivity index (χ4v) is 0.787. The summed E-state index contributed by atoms with van der Waals surface area (Å²) in [5.74, 6) is -3.34. The fraction of sp³-hybridized carbons (Fsp3) is 0.667. The molecule has 0 fully saturated rings. The van der Waals surface area contributed by atoms with Crippen molar-refractivity contribution in [2.75, 3.05) is 0 Å². The molecular weight excluding hydrogens is 184 g/mol. The maximum Gasteiger partial charge on any atom is 0.336 e. The number of carbonyl (C=O) groups is 2. The van der Waals surface area contributed by atoms with Crippen LogP contribution in [-0.2, 0) is 9.59 Å². The number of aliphatic hydroxyl groups excluding tert-OH is 1. The van der Waals surface area contributed by atoms with E-state index in [1.807, 2.05) is 0 Å². The van der Waals surface area contributed by atoms with E-state index < -0.39 is 36.7 Å². The maximum absolute atomic E-state index is 10.4. The predicted molar refractivity (Wildman–Crippen MR) is 37.7 cm³/mol. The third-order valence-corrected chi connectivity index (χ3v) is 1.36. The van der Waals surface area contributed by atoms with E-state index in [9.17, 15) is 9.59 Å². The van der Waals surface area contributed by atoms with Gasteiger partial charge in [-0.1, -0.05) is 0 Å². The standard InChI is InChI=1S/C6H10O7/c7-3(8)1-6(13,5(11)12)2-4(9)10/h3,7-8,13H,1-2H2,(H,9,10)(H,11,12). The lowest BCUT2D eigenvalue weighted by Gasteiger charge is -2.21. The fourth-order valence-electron chi connectivity index (χ4n) is 0.787. The van der Waals surface area contributed by atoms with Crippen molar-refractivity contribution in [2.24, 2.45) is 0 Å². The molecule has 0 aliphatic heterocycles. The average molecular weight is 194 g/mol. The van der Waals surface area contributed by atoms with Crippen LogP contribution in [0.1, 0.15) is 12.8 Å². The Hall–Kier alpha value is -1.18. The van der Waals surface area contributed by atoms with Crippen molar-refractivity contribution in [1.29, 1.82) is 0 Å². The number of rotatable bonds is 5. The molecule has 7 nitrogen and oxygen atoms in total. The molecule has 5 N–H and O–H groups in total. The Balaban J connectivity index is 4.52. The van der Waals surface area contributed by atoms with E-state index in [1.165, 1.54) is 0 Å². The second kappa shape index (κ2) is 4.17. The summed E-state index contributed by atoms with van der Waals surface area (Å²) in [5, 5.41) is 42.5. The topological polar surface area (TPSA) is 135 Å². The van der Waals surface area contributed by atoms with Crippen molar-refractivity contribution < 1.29 is 35.1 Å². The van der Waals surface area contributed by atoms with Gasteiger partial charge in [-0.2, -0.15) is 0 Å². The quantitative estimate of drug-likeness (QED) is 0.318. The van der Waals surface area contributed by atoms with Crippen LogP contribution < -0.4 is 0 Å². The van der Waals surface area contributed by atoms with E-state index in [-0.39, 0.29) is 0 Å². The molecule has 0 aromatic heterocycles. The van der Waals surface area contributed by atoms with Crippen LogP contribution in [0, 0.1) is 0 Å². The Morgan fingerprint density at radius 3 is 1.92 bits per heavy atom. The first-order chi connectivity index (χ1) is 5.78. The Labute approximate surface area is 72.9 Å². The van der Waals surface area contributed by atoms with E-state index in [0.29, 0.717) is 0 Å². The van der Waals surface area contributed by atoms with Crippen LogP contribution in [-0.4, -0.2) is 49.4 Å². The SMILES string of the molecule is O=C(O)CC(O)(CC(O)O)C(=O)O. The summed E-state index contributed by atoms with van der Waals surface area (Å²) in [7, 11) is 0. The molecule has 0 amide bonds. The zero-order valence-electron chi connectivity index (χ0n) is 6.54. The smallest absolute Gasteiger partial charge is 0.336 e. The molecule has 0 bridgehead atoms. The Morgan fingerprint density at radius 2 is 1.69 bits per heavy atom. The minimum absolute atomic E-state index is 0.950. The molecule has 1 atom stereocenters. The second-order valence-corrected chi connectivity index (χ2v) is 2.59. The summed E-state index contributed by atoms with van der Waals surface area (Å²) in [6.07, 6.45) is -4.10. The van der Waals surface area contributed by atoms with Crippen LogP contribution in [0.2, 0.25) is 0 Å². The first-order valence-electron chi connectivity index (χ1n) is 3.31. The number of aliphatic carboxylic acids is 2. The van der Waals surface area contributed by atoms with Gasteiger partial charge in [0, 0.05) is 6.42 Å². The molecule has 0 aromatic rings. The molecule has 13 heavy (non-hydrogen) atoms. The van der Waals surface area contributed by atoms with Gasteiger partial charge in [0.2, 0.25) is 0 Å². The Kier molecular flexibility index (Phi) is 3.79. The third-order valence-electron chi connectivity index (χ3n) is 1.36. The number of hydrogen-bond acceptors (Lipinski definition) is 5. The lowest BCUT2D eigenvalue weighted by atomic mass is 9.95. The molecule has 0 rings (SSSR count). The van der Waals surface area contributed by atoms with Gasteiger partial charge in [0.05, 0.1) is 6.42 Å². The number of carboxylic acid groups (broad SMARTS) is 2. The molecule has 7 heteroatoms. The predicted octanol–water partition coefficient (Wildman–Crippen LogP) is -2.02. The molecule has 0 spiro atoms. The van der Waals surface area contributed by atoms with Crippen LogP contribution in [0.25, 0.3) is 0 Å². The largest absolute Gasteiger partial charge is 0.481 e. The van der Waals surface area contributed by atoms with E-state index in [4.69, 9.17) is 25.5 Å². The summed E-state index contributed by atoms with van der Waals surface area (Å²) >= 11 is 0. The summed E-state index contributed by atoms with van der Waals surface area (Å²) in [6, 6.07) is 0. The molecule has 1 unspecified atom stereocenters. The summed E-state index contributed by atoms with van der Waals surface area (Å²) in [5.41, 5.74) is -2.64. The van der Waals surface area contributed by atoms with Crippen LogP contribution in [0.15, 0.2) is 0 Å². The zero-order chi connectivity index (χ0) is 10.6. The van der Waals surface area contributed by atoms with Crippen molar-refractivity contribution in [3.63, 3.8) is 0 Å². The van der Waals surface area contributed by atoms with Gasteiger partial charge in [-0.25, -0.2) is 4.79 Å². The van der Waals surface area contributed by atoms with Crippen LogP contribution >= 0.6 is 0 Å². The van der Waals surface area contributed by atoms with Crippen molar-refractivity contribution in [3.8, 4) is 0 Å². The summed E-state index contributed by atoms with van der Waals surface area (Å²) < 4.78 is 0. The van der Waals surface area contributed by atoms with E-state index >= 15 is 0 Å². The molecule has 76 valence electrons. The first-order valence-corrected chi connectivity index (χ1v) is 3.31. The molecule has 0 aliphatic carbocycles. The lowest BCUT2D eigenvalue weighted by molar-refractivity contribution is -0.175. The monoisotopic (exact) mass is 194 g/mol. The van der Waals surface area contributed by atoms with Gasteiger partial charge in [-0.05, 0) is 0 Å². The van der Waals surface area contributed by atoms with Crippen LogP contribution in [0.5, 0.6) is 0 Å². The molecule has 0 heterocycles. The van der Waals surface area contributed by atoms with Gasteiger partial charge in [-0.15, -0.1) is 0 Å². The molecular formula is C6H10O7. The second-order valence-electron chi connectivity index (χ2n) is 2.59. The molecule has 0 aromatic carbocycles. The first kappa shape index (κ1) is 11.8. The summed E-state index contributed by atoms with van der Waals surface area (Å²) in [4.78, 5) is 20.5. The molecule has 0 saturated heterocycles. The maximum atomic E-state index is 10.4. The van der Waals surface area contributed by atoms with E-state index in [2.05, 4.69) is 0 Å². The number of hydrogen-bond donors (Lipinski definition) is 5. The van der Waals surface area contributed by atoms with Crippen molar-refractivity contribution >= 4 is 11.9 Å². The number of carboxylic acids is 2. The van der Waals surface area contributed by atoms with Gasteiger partial charge in [-0.3, -0.25) is 4.79 Å². The molecule has 0 radical (unpaired) electrons. The number of aliphatic hydroxyl groups is 3. The van der Waals surface area contributed by atoms with Gasteiger partial charge in [0.1, 0.15) is 0 Å². The van der Waals surface area contributed by atoms with E-state index in [1.54, 1.807) is 0 Å². The minimum Gasteiger partial charge on any atom is -0.481 e. The van der Waals surface area contributed by atoms with E-state index in [0.717, 1.165) is 0 Å². The van der Waals surface area contributed by atoms with Gasteiger partial charge < -0.3 is 25.5 Å². The van der Waals surface area contributed by atoms with Gasteiger partial charge in [0.25, 0.3) is 0 Å². The van der Waals surface area contributed by atoms with Crippen molar-refractivity contribution in [1.82, 2.24) is 0 Å². The lowest BCUT2D eigenvalue weighted by Crippen LogP contribution is -2.43. The minimum atomic E-state index is -2.64. The Morgan fingerprint density at radius 1 is 1.23 bits per heavy atom. The zero-order valence-corrected chi connectivity index (χ0v) is 6.54. The van der Waals surface area contributed by atoms with Gasteiger partial charge >= 0.3 is 11.9 Å². The molecule has 0 saturated carbocycles. The van der Waals surface area contributed by atoms with Crippen molar-refractivity contribution in [2.45, 2.75) is 24.7 Å². The van der Waals surface area contributed by atoms with Crippen LogP contribution in [0.3, 0.4) is 0 Å². The molecule has 0 aliphatic rings. The highest BCUT2D eigenvalue weighted by Gasteiger charge is 2.40. The normalized spacial score (nSPS) is 15.4. The third kappa shape index (κ3) is 3.83. The van der Waals surface area contributed by atoms with Gasteiger partial charge in [0.15, 0.2) is 11.9 Å². The van der Waals surface area contributed by atoms with Crippen LogP contribution in [0.4, 0.5) is 0 Å². The Bertz CT molecular complexity index is 211. The highest BCUT2D eigenvalue weighted by molar-refractivity contribution is 5.83. The highest BCUT2D eigenvalue weighted by Crippen LogP contribution is 2.17. The van der Waals surface area contributed by atoms with Crippen molar-refractivity contribution in [3.05, 3.63) is 0 Å².